The van der Waals surface area contributed by atoms with Crippen molar-refractivity contribution in [2.75, 3.05) is 24.6 Å². The number of hydrogen-bond donors (Lipinski definition) is 1. The third-order valence-electron chi connectivity index (χ3n) is 3.10. The Morgan fingerprint density at radius 3 is 2.92 bits per heavy atom. The molecule has 2 heterocycles. The Morgan fingerprint density at radius 2 is 2.23 bits per heavy atom. The van der Waals surface area contributed by atoms with Gasteiger partial charge in [0.05, 0.1) is 11.7 Å². The number of hydrogen-bond acceptors (Lipinski definition) is 3. The summed E-state index contributed by atoms with van der Waals surface area (Å²) in [4.78, 5) is 0. The zero-order valence-corrected chi connectivity index (χ0v) is 9.16. The zero-order valence-electron chi connectivity index (χ0n) is 8.34. The Balaban J connectivity index is 1.95. The molecule has 2 saturated heterocycles. The van der Waals surface area contributed by atoms with Crippen LogP contribution < -0.4 is 5.32 Å². The minimum atomic E-state index is 0.199. The topological polar surface area (TPSA) is 21.3 Å². The molecular formula is C10H19NOS. The van der Waals surface area contributed by atoms with Crippen LogP contribution in [0.1, 0.15) is 26.2 Å². The fourth-order valence-corrected chi connectivity index (χ4v) is 3.40. The van der Waals surface area contributed by atoms with E-state index in [0.717, 1.165) is 19.5 Å². The highest BCUT2D eigenvalue weighted by Gasteiger charge is 2.37. The Kier molecular flexibility index (Phi) is 3.17. The monoisotopic (exact) mass is 201 g/mol. The van der Waals surface area contributed by atoms with E-state index in [9.17, 15) is 0 Å². The van der Waals surface area contributed by atoms with Gasteiger partial charge in [-0.1, -0.05) is 6.92 Å². The minimum absolute atomic E-state index is 0.199. The van der Waals surface area contributed by atoms with E-state index in [1.54, 1.807) is 0 Å². The summed E-state index contributed by atoms with van der Waals surface area (Å²) in [5.41, 5.74) is 0.199. The van der Waals surface area contributed by atoms with Gasteiger partial charge in [0.2, 0.25) is 0 Å². The molecule has 3 heteroatoms. The van der Waals surface area contributed by atoms with E-state index in [1.165, 1.54) is 24.3 Å². The summed E-state index contributed by atoms with van der Waals surface area (Å²) in [5, 5.41) is 3.51. The molecule has 1 spiro atoms. The molecule has 2 nitrogen and oxygen atoms in total. The molecule has 13 heavy (non-hydrogen) atoms. The van der Waals surface area contributed by atoms with E-state index >= 15 is 0 Å². The molecule has 0 saturated carbocycles. The van der Waals surface area contributed by atoms with Gasteiger partial charge in [-0.3, -0.25) is 0 Å². The molecule has 0 aromatic rings. The molecule has 1 atom stereocenters. The van der Waals surface area contributed by atoms with E-state index in [0.29, 0.717) is 6.10 Å². The third-order valence-corrected chi connectivity index (χ3v) is 4.08. The van der Waals surface area contributed by atoms with Gasteiger partial charge < -0.3 is 10.1 Å². The van der Waals surface area contributed by atoms with Gasteiger partial charge in [0, 0.05) is 13.1 Å². The molecule has 1 N–H and O–H groups in total. The first kappa shape index (κ1) is 9.81. The lowest BCUT2D eigenvalue weighted by atomic mass is 9.94. The molecule has 0 bridgehead atoms. The van der Waals surface area contributed by atoms with Crippen molar-refractivity contribution in [2.24, 2.45) is 0 Å². The van der Waals surface area contributed by atoms with Crippen LogP contribution in [0.15, 0.2) is 0 Å². The molecule has 0 amide bonds. The lowest BCUT2D eigenvalue weighted by Crippen LogP contribution is -2.55. The van der Waals surface area contributed by atoms with E-state index in [1.807, 2.05) is 0 Å². The van der Waals surface area contributed by atoms with Gasteiger partial charge in [-0.15, -0.1) is 0 Å². The second-order valence-corrected chi connectivity index (χ2v) is 5.30. The molecule has 0 aromatic carbocycles. The molecule has 0 aliphatic carbocycles. The highest BCUT2D eigenvalue weighted by atomic mass is 32.2. The fourth-order valence-electron chi connectivity index (χ4n) is 2.16. The maximum Gasteiger partial charge on any atom is 0.0826 e. The van der Waals surface area contributed by atoms with E-state index < -0.39 is 0 Å². The minimum Gasteiger partial charge on any atom is -0.369 e. The van der Waals surface area contributed by atoms with Gasteiger partial charge in [0.25, 0.3) is 0 Å². The van der Waals surface area contributed by atoms with Crippen LogP contribution >= 0.6 is 11.8 Å². The van der Waals surface area contributed by atoms with Crippen molar-refractivity contribution in [3.8, 4) is 0 Å². The first-order chi connectivity index (χ1) is 6.35. The predicted molar refractivity (Wildman–Crippen MR) is 57.3 cm³/mol. The van der Waals surface area contributed by atoms with Crippen molar-refractivity contribution in [1.29, 1.82) is 0 Å². The molecule has 2 aliphatic heterocycles. The van der Waals surface area contributed by atoms with Crippen LogP contribution in [0.3, 0.4) is 0 Å². The predicted octanol–water partition coefficient (Wildman–Crippen LogP) is 1.65. The van der Waals surface area contributed by atoms with Crippen LogP contribution in [0.4, 0.5) is 0 Å². The Bertz CT molecular complexity index is 163. The smallest absolute Gasteiger partial charge is 0.0826 e. The Morgan fingerprint density at radius 1 is 1.46 bits per heavy atom. The first-order valence-corrected chi connectivity index (χ1v) is 6.46. The van der Waals surface area contributed by atoms with Gasteiger partial charge >= 0.3 is 0 Å². The molecule has 2 aliphatic rings. The second-order valence-electron chi connectivity index (χ2n) is 4.07. The van der Waals surface area contributed by atoms with E-state index in [4.69, 9.17) is 4.74 Å². The number of nitrogens with one attached hydrogen (secondary N) is 1. The van der Waals surface area contributed by atoms with Crippen molar-refractivity contribution in [3.05, 3.63) is 0 Å². The van der Waals surface area contributed by atoms with Gasteiger partial charge in [0.15, 0.2) is 0 Å². The summed E-state index contributed by atoms with van der Waals surface area (Å²) >= 11 is 2.06. The summed E-state index contributed by atoms with van der Waals surface area (Å²) in [6.45, 7) is 4.33. The second kappa shape index (κ2) is 4.20. The molecular weight excluding hydrogens is 182 g/mol. The summed E-state index contributed by atoms with van der Waals surface area (Å²) < 4.78 is 6.19. The Hall–Kier alpha value is 0.270. The van der Waals surface area contributed by atoms with Crippen molar-refractivity contribution in [2.45, 2.75) is 37.9 Å². The summed E-state index contributed by atoms with van der Waals surface area (Å²) in [6.07, 6.45) is 4.07. The standard InChI is InChI=1S/C10H19NOS/c1-2-9-7-11-8-10(12-9)3-5-13-6-4-10/h9,11H,2-8H2,1H3. The van der Waals surface area contributed by atoms with Crippen LogP contribution in [-0.4, -0.2) is 36.3 Å². The highest BCUT2D eigenvalue weighted by molar-refractivity contribution is 7.99. The largest absolute Gasteiger partial charge is 0.369 e. The highest BCUT2D eigenvalue weighted by Crippen LogP contribution is 2.33. The maximum absolute atomic E-state index is 6.19. The number of rotatable bonds is 1. The average Bonchev–Trinajstić information content (AvgIpc) is 2.19. The zero-order chi connectivity index (χ0) is 9.15. The quantitative estimate of drug-likeness (QED) is 0.697. The normalized spacial score (nSPS) is 33.5. The van der Waals surface area contributed by atoms with Crippen LogP contribution in [-0.2, 0) is 4.74 Å². The van der Waals surface area contributed by atoms with Gasteiger partial charge in [-0.25, -0.2) is 0 Å². The van der Waals surface area contributed by atoms with Crippen molar-refractivity contribution in [3.63, 3.8) is 0 Å². The molecule has 76 valence electrons. The lowest BCUT2D eigenvalue weighted by Gasteiger charge is -2.43. The van der Waals surface area contributed by atoms with Crippen molar-refractivity contribution >= 4 is 11.8 Å². The van der Waals surface area contributed by atoms with Gasteiger partial charge in [-0.2, -0.15) is 11.8 Å². The summed E-state index contributed by atoms with van der Waals surface area (Å²) in [5.74, 6) is 2.55. The fraction of sp³-hybridized carbons (Fsp3) is 1.00. The van der Waals surface area contributed by atoms with Crippen molar-refractivity contribution < 1.29 is 4.74 Å². The number of morpholine rings is 1. The SMILES string of the molecule is CCC1CNCC2(CCSCC2)O1. The third kappa shape index (κ3) is 2.20. The van der Waals surface area contributed by atoms with Gasteiger partial charge in [0.1, 0.15) is 0 Å². The molecule has 2 fully saturated rings. The molecule has 0 radical (unpaired) electrons. The van der Waals surface area contributed by atoms with Crippen LogP contribution in [0.25, 0.3) is 0 Å². The Labute approximate surface area is 84.8 Å². The lowest BCUT2D eigenvalue weighted by molar-refractivity contribution is -0.120. The van der Waals surface area contributed by atoms with Gasteiger partial charge in [-0.05, 0) is 30.8 Å². The number of ether oxygens (including phenoxy) is 1. The molecule has 1 unspecified atom stereocenters. The maximum atomic E-state index is 6.19. The van der Waals surface area contributed by atoms with Crippen LogP contribution in [0.5, 0.6) is 0 Å². The summed E-state index contributed by atoms with van der Waals surface area (Å²) in [7, 11) is 0. The van der Waals surface area contributed by atoms with Crippen LogP contribution in [0.2, 0.25) is 0 Å². The van der Waals surface area contributed by atoms with Crippen LogP contribution in [0, 0.1) is 0 Å². The number of thioether (sulfide) groups is 1. The van der Waals surface area contributed by atoms with Crippen molar-refractivity contribution in [1.82, 2.24) is 5.32 Å². The molecule has 0 aromatic heterocycles. The molecule has 2 rings (SSSR count). The van der Waals surface area contributed by atoms with E-state index in [-0.39, 0.29) is 5.60 Å². The first-order valence-electron chi connectivity index (χ1n) is 5.31. The average molecular weight is 201 g/mol. The van der Waals surface area contributed by atoms with E-state index in [2.05, 4.69) is 24.0 Å². The summed E-state index contributed by atoms with van der Waals surface area (Å²) in [6, 6.07) is 0.